The number of nitrogens with zero attached hydrogens (tertiary/aromatic N) is 1. The molecule has 1 aliphatic carbocycles. The van der Waals surface area contributed by atoms with E-state index in [-0.39, 0.29) is 0 Å². The SMILES string of the molecule is c1cnc2ccc(NCC3CCC3)cc2c1. The Kier molecular flexibility index (Phi) is 2.49. The maximum Gasteiger partial charge on any atom is 0.0703 e. The molecule has 2 nitrogen and oxygen atoms in total. The molecule has 0 saturated heterocycles. The van der Waals surface area contributed by atoms with Gasteiger partial charge in [0, 0.05) is 23.8 Å². The number of rotatable bonds is 3. The molecule has 1 saturated carbocycles. The van der Waals surface area contributed by atoms with Gasteiger partial charge in [0.1, 0.15) is 0 Å². The molecule has 1 heterocycles. The third-order valence-corrected chi connectivity index (χ3v) is 3.42. The second kappa shape index (κ2) is 4.12. The van der Waals surface area contributed by atoms with Gasteiger partial charge in [-0.05, 0) is 43.0 Å². The molecule has 1 aromatic heterocycles. The molecule has 82 valence electrons. The molecular weight excluding hydrogens is 196 g/mol. The first-order valence-electron chi connectivity index (χ1n) is 6.00. The van der Waals surface area contributed by atoms with Crippen LogP contribution in [-0.4, -0.2) is 11.5 Å². The molecule has 1 fully saturated rings. The van der Waals surface area contributed by atoms with Gasteiger partial charge in [-0.25, -0.2) is 0 Å². The monoisotopic (exact) mass is 212 g/mol. The van der Waals surface area contributed by atoms with Crippen LogP contribution in [0, 0.1) is 5.92 Å². The molecule has 0 atom stereocenters. The fourth-order valence-electron chi connectivity index (χ4n) is 2.14. The van der Waals surface area contributed by atoms with Crippen LogP contribution < -0.4 is 5.32 Å². The number of fused-ring (bicyclic) bond motifs is 1. The van der Waals surface area contributed by atoms with E-state index in [1.54, 1.807) is 0 Å². The van der Waals surface area contributed by atoms with Crippen molar-refractivity contribution in [1.29, 1.82) is 0 Å². The van der Waals surface area contributed by atoms with Crippen LogP contribution in [0.5, 0.6) is 0 Å². The molecule has 2 aromatic rings. The van der Waals surface area contributed by atoms with Gasteiger partial charge in [-0.15, -0.1) is 0 Å². The molecule has 1 aromatic carbocycles. The molecule has 0 spiro atoms. The molecule has 0 aliphatic heterocycles. The normalized spacial score (nSPS) is 16.0. The average molecular weight is 212 g/mol. The van der Waals surface area contributed by atoms with Crippen molar-refractivity contribution in [2.45, 2.75) is 19.3 Å². The van der Waals surface area contributed by atoms with Gasteiger partial charge in [0.25, 0.3) is 0 Å². The largest absolute Gasteiger partial charge is 0.385 e. The maximum atomic E-state index is 4.32. The number of benzene rings is 1. The van der Waals surface area contributed by atoms with E-state index in [1.807, 2.05) is 12.3 Å². The molecule has 2 heteroatoms. The van der Waals surface area contributed by atoms with Crippen LogP contribution in [-0.2, 0) is 0 Å². The Morgan fingerprint density at radius 1 is 1.25 bits per heavy atom. The van der Waals surface area contributed by atoms with E-state index < -0.39 is 0 Å². The van der Waals surface area contributed by atoms with E-state index in [9.17, 15) is 0 Å². The van der Waals surface area contributed by atoms with Crippen molar-refractivity contribution in [2.75, 3.05) is 11.9 Å². The molecule has 1 aliphatic rings. The number of aromatic nitrogens is 1. The minimum absolute atomic E-state index is 0.893. The van der Waals surface area contributed by atoms with Crippen molar-refractivity contribution in [3.63, 3.8) is 0 Å². The highest BCUT2D eigenvalue weighted by molar-refractivity contribution is 5.82. The summed E-state index contributed by atoms with van der Waals surface area (Å²) in [6, 6.07) is 10.5. The van der Waals surface area contributed by atoms with Gasteiger partial charge in [0.2, 0.25) is 0 Å². The first kappa shape index (κ1) is 9.64. The van der Waals surface area contributed by atoms with Crippen molar-refractivity contribution in [1.82, 2.24) is 4.98 Å². The highest BCUT2D eigenvalue weighted by atomic mass is 14.9. The van der Waals surface area contributed by atoms with E-state index in [2.05, 4.69) is 34.6 Å². The van der Waals surface area contributed by atoms with E-state index >= 15 is 0 Å². The average Bonchev–Trinajstić information content (AvgIpc) is 2.27. The summed E-state index contributed by atoms with van der Waals surface area (Å²) in [7, 11) is 0. The molecule has 0 bridgehead atoms. The second-order valence-corrected chi connectivity index (χ2v) is 4.59. The Balaban J connectivity index is 1.76. The summed E-state index contributed by atoms with van der Waals surface area (Å²) in [4.78, 5) is 4.32. The second-order valence-electron chi connectivity index (χ2n) is 4.59. The Labute approximate surface area is 95.7 Å². The fourth-order valence-corrected chi connectivity index (χ4v) is 2.14. The summed E-state index contributed by atoms with van der Waals surface area (Å²) in [5, 5.41) is 4.72. The molecule has 0 radical (unpaired) electrons. The van der Waals surface area contributed by atoms with Gasteiger partial charge in [0.05, 0.1) is 5.52 Å². The maximum absolute atomic E-state index is 4.32. The summed E-state index contributed by atoms with van der Waals surface area (Å²) in [5.41, 5.74) is 2.28. The van der Waals surface area contributed by atoms with Crippen LogP contribution in [0.3, 0.4) is 0 Å². The lowest BCUT2D eigenvalue weighted by Crippen LogP contribution is -2.20. The molecular formula is C14H16N2. The molecule has 0 amide bonds. The van der Waals surface area contributed by atoms with Crippen LogP contribution in [0.4, 0.5) is 5.69 Å². The van der Waals surface area contributed by atoms with Gasteiger partial charge in [-0.3, -0.25) is 4.98 Å². The number of anilines is 1. The first-order chi connectivity index (χ1) is 7.92. The standard InChI is InChI=1S/C14H16N2/c1-3-11(4-1)10-16-13-6-7-14-12(9-13)5-2-8-15-14/h2,5-9,11,16H,1,3-4,10H2. The zero-order chi connectivity index (χ0) is 10.8. The lowest BCUT2D eigenvalue weighted by molar-refractivity contribution is 0.333. The van der Waals surface area contributed by atoms with Crippen LogP contribution in [0.2, 0.25) is 0 Å². The van der Waals surface area contributed by atoms with E-state index in [0.29, 0.717) is 0 Å². The highest BCUT2D eigenvalue weighted by Gasteiger charge is 2.16. The van der Waals surface area contributed by atoms with Gasteiger partial charge in [0.15, 0.2) is 0 Å². The minimum atomic E-state index is 0.893. The Bertz CT molecular complexity index is 489. The molecule has 16 heavy (non-hydrogen) atoms. The summed E-state index contributed by atoms with van der Waals surface area (Å²) in [6.45, 7) is 1.12. The third-order valence-electron chi connectivity index (χ3n) is 3.42. The van der Waals surface area contributed by atoms with Gasteiger partial charge >= 0.3 is 0 Å². The van der Waals surface area contributed by atoms with Crippen molar-refractivity contribution in [3.05, 3.63) is 36.5 Å². The molecule has 3 rings (SSSR count). The van der Waals surface area contributed by atoms with E-state index in [0.717, 1.165) is 18.0 Å². The number of hydrogen-bond donors (Lipinski definition) is 1. The molecule has 0 unspecified atom stereocenters. The summed E-state index contributed by atoms with van der Waals surface area (Å²) < 4.78 is 0. The predicted molar refractivity (Wildman–Crippen MR) is 67.6 cm³/mol. The summed E-state index contributed by atoms with van der Waals surface area (Å²) in [5.74, 6) is 0.893. The lowest BCUT2D eigenvalue weighted by atomic mass is 9.85. The summed E-state index contributed by atoms with van der Waals surface area (Å²) >= 11 is 0. The van der Waals surface area contributed by atoms with Gasteiger partial charge in [-0.2, -0.15) is 0 Å². The zero-order valence-corrected chi connectivity index (χ0v) is 9.32. The fraction of sp³-hybridized carbons (Fsp3) is 0.357. The zero-order valence-electron chi connectivity index (χ0n) is 9.32. The van der Waals surface area contributed by atoms with Crippen molar-refractivity contribution in [2.24, 2.45) is 5.92 Å². The van der Waals surface area contributed by atoms with Crippen molar-refractivity contribution >= 4 is 16.6 Å². The number of hydrogen-bond acceptors (Lipinski definition) is 2. The van der Waals surface area contributed by atoms with E-state index in [1.165, 1.54) is 30.3 Å². The minimum Gasteiger partial charge on any atom is -0.385 e. The number of pyridine rings is 1. The van der Waals surface area contributed by atoms with E-state index in [4.69, 9.17) is 0 Å². The summed E-state index contributed by atoms with van der Waals surface area (Å²) in [6.07, 6.45) is 6.03. The van der Waals surface area contributed by atoms with Crippen molar-refractivity contribution in [3.8, 4) is 0 Å². The van der Waals surface area contributed by atoms with Crippen LogP contribution in [0.1, 0.15) is 19.3 Å². The van der Waals surface area contributed by atoms with Gasteiger partial charge in [-0.1, -0.05) is 12.5 Å². The third kappa shape index (κ3) is 1.87. The number of nitrogens with one attached hydrogen (secondary N) is 1. The smallest absolute Gasteiger partial charge is 0.0703 e. The lowest BCUT2D eigenvalue weighted by Gasteiger charge is -2.25. The Morgan fingerprint density at radius 3 is 3.00 bits per heavy atom. The van der Waals surface area contributed by atoms with Gasteiger partial charge < -0.3 is 5.32 Å². The van der Waals surface area contributed by atoms with Crippen LogP contribution in [0.15, 0.2) is 36.5 Å². The molecule has 1 N–H and O–H groups in total. The highest BCUT2D eigenvalue weighted by Crippen LogP contribution is 2.26. The Hall–Kier alpha value is -1.57. The van der Waals surface area contributed by atoms with Crippen molar-refractivity contribution < 1.29 is 0 Å². The van der Waals surface area contributed by atoms with Crippen LogP contribution >= 0.6 is 0 Å². The quantitative estimate of drug-likeness (QED) is 0.843. The van der Waals surface area contributed by atoms with Crippen LogP contribution in [0.25, 0.3) is 10.9 Å². The topological polar surface area (TPSA) is 24.9 Å². The Morgan fingerprint density at radius 2 is 2.19 bits per heavy atom. The predicted octanol–water partition coefficient (Wildman–Crippen LogP) is 3.45. The first-order valence-corrected chi connectivity index (χ1v) is 6.00.